The summed E-state index contributed by atoms with van der Waals surface area (Å²) in [5.41, 5.74) is 0.485. The van der Waals surface area contributed by atoms with Gasteiger partial charge in [0.25, 0.3) is 0 Å². The molecule has 0 atom stereocenters. The molecule has 0 aliphatic rings. The maximum atomic E-state index is 12.9. The van der Waals surface area contributed by atoms with Crippen molar-refractivity contribution in [3.63, 3.8) is 0 Å². The Labute approximate surface area is 114 Å². The summed E-state index contributed by atoms with van der Waals surface area (Å²) in [5.74, 6) is 0.164. The minimum Gasteiger partial charge on any atom is -0.467 e. The van der Waals surface area contributed by atoms with Crippen LogP contribution in [-0.2, 0) is 0 Å². The van der Waals surface area contributed by atoms with Gasteiger partial charge < -0.3 is 15.4 Å². The second-order valence-electron chi connectivity index (χ2n) is 3.47. The zero-order valence-electron chi connectivity index (χ0n) is 10.2. The molecule has 0 aliphatic heterocycles. The molecule has 0 unspecified atom stereocenters. The fraction of sp³-hybridized carbons (Fsp3) is 0.182. The average molecular weight is 284 g/mol. The van der Waals surface area contributed by atoms with Crippen LogP contribution in [0.1, 0.15) is 0 Å². The van der Waals surface area contributed by atoms with Crippen LogP contribution in [0.15, 0.2) is 18.2 Å². The molecular formula is C11H11ClFN5O. The van der Waals surface area contributed by atoms with Crippen molar-refractivity contribution in [2.45, 2.75) is 0 Å². The maximum Gasteiger partial charge on any atom is 0.322 e. The van der Waals surface area contributed by atoms with Gasteiger partial charge in [-0.15, -0.1) is 0 Å². The van der Waals surface area contributed by atoms with Crippen molar-refractivity contribution in [1.29, 1.82) is 0 Å². The van der Waals surface area contributed by atoms with Crippen molar-refractivity contribution in [3.05, 3.63) is 29.0 Å². The largest absolute Gasteiger partial charge is 0.467 e. The van der Waals surface area contributed by atoms with Gasteiger partial charge in [-0.25, -0.2) is 4.39 Å². The lowest BCUT2D eigenvalue weighted by Crippen LogP contribution is -2.05. The molecule has 8 heteroatoms. The molecule has 0 radical (unpaired) electrons. The van der Waals surface area contributed by atoms with E-state index in [2.05, 4.69) is 25.6 Å². The van der Waals surface area contributed by atoms with Gasteiger partial charge in [0, 0.05) is 7.05 Å². The molecular weight excluding hydrogens is 273 g/mol. The molecule has 2 rings (SSSR count). The molecule has 6 nitrogen and oxygen atoms in total. The predicted octanol–water partition coefficient (Wildman–Crippen LogP) is 2.46. The van der Waals surface area contributed by atoms with E-state index in [1.807, 2.05) is 0 Å². The maximum absolute atomic E-state index is 12.9. The van der Waals surface area contributed by atoms with E-state index < -0.39 is 5.82 Å². The SMILES string of the molecule is CNc1nc(Nc2ccc(F)cc2Cl)nc(OC)n1. The Morgan fingerprint density at radius 1 is 1.21 bits per heavy atom. The first-order valence-corrected chi connectivity index (χ1v) is 5.70. The van der Waals surface area contributed by atoms with E-state index in [-0.39, 0.29) is 17.0 Å². The van der Waals surface area contributed by atoms with Crippen molar-refractivity contribution >= 4 is 29.2 Å². The molecule has 0 saturated carbocycles. The van der Waals surface area contributed by atoms with Crippen molar-refractivity contribution in [3.8, 4) is 6.01 Å². The summed E-state index contributed by atoms with van der Waals surface area (Å²) >= 11 is 5.91. The third kappa shape index (κ3) is 3.19. The highest BCUT2D eigenvalue weighted by atomic mass is 35.5. The monoisotopic (exact) mass is 283 g/mol. The highest BCUT2D eigenvalue weighted by molar-refractivity contribution is 6.33. The van der Waals surface area contributed by atoms with Crippen LogP contribution in [-0.4, -0.2) is 29.1 Å². The Hall–Kier alpha value is -2.15. The summed E-state index contributed by atoms with van der Waals surface area (Å²) in [6.07, 6.45) is 0. The Bertz CT molecular complexity index is 573. The summed E-state index contributed by atoms with van der Waals surface area (Å²) < 4.78 is 17.9. The molecule has 19 heavy (non-hydrogen) atoms. The molecule has 0 fully saturated rings. The Kier molecular flexibility index (Phi) is 3.96. The lowest BCUT2D eigenvalue weighted by atomic mass is 10.3. The molecule has 1 aromatic heterocycles. The Morgan fingerprint density at radius 2 is 1.95 bits per heavy atom. The first kappa shape index (κ1) is 13.3. The third-order valence-electron chi connectivity index (χ3n) is 2.20. The van der Waals surface area contributed by atoms with E-state index >= 15 is 0 Å². The zero-order chi connectivity index (χ0) is 13.8. The van der Waals surface area contributed by atoms with Gasteiger partial charge >= 0.3 is 6.01 Å². The second kappa shape index (κ2) is 5.66. The fourth-order valence-electron chi connectivity index (χ4n) is 1.33. The quantitative estimate of drug-likeness (QED) is 0.898. The van der Waals surface area contributed by atoms with Crippen molar-refractivity contribution < 1.29 is 9.13 Å². The van der Waals surface area contributed by atoms with Crippen LogP contribution in [0.25, 0.3) is 0 Å². The van der Waals surface area contributed by atoms with E-state index in [1.165, 1.54) is 25.3 Å². The van der Waals surface area contributed by atoms with Crippen molar-refractivity contribution in [2.24, 2.45) is 0 Å². The van der Waals surface area contributed by atoms with Gasteiger partial charge in [0.15, 0.2) is 0 Å². The van der Waals surface area contributed by atoms with Gasteiger partial charge in [0.05, 0.1) is 17.8 Å². The van der Waals surface area contributed by atoms with E-state index in [9.17, 15) is 4.39 Å². The lowest BCUT2D eigenvalue weighted by molar-refractivity contribution is 0.379. The van der Waals surface area contributed by atoms with Crippen LogP contribution in [0.2, 0.25) is 5.02 Å². The Morgan fingerprint density at radius 3 is 2.58 bits per heavy atom. The molecule has 1 aromatic carbocycles. The van der Waals surface area contributed by atoms with E-state index in [1.54, 1.807) is 7.05 Å². The van der Waals surface area contributed by atoms with Gasteiger partial charge in [0.1, 0.15) is 5.82 Å². The summed E-state index contributed by atoms with van der Waals surface area (Å²) in [7, 11) is 3.12. The highest BCUT2D eigenvalue weighted by Crippen LogP contribution is 2.25. The minimum atomic E-state index is -0.417. The van der Waals surface area contributed by atoms with Crippen LogP contribution in [0.3, 0.4) is 0 Å². The van der Waals surface area contributed by atoms with E-state index in [0.29, 0.717) is 11.6 Å². The summed E-state index contributed by atoms with van der Waals surface area (Å²) in [4.78, 5) is 12.1. The number of hydrogen-bond acceptors (Lipinski definition) is 6. The molecule has 0 spiro atoms. The molecule has 0 bridgehead atoms. The van der Waals surface area contributed by atoms with Crippen LogP contribution in [0.5, 0.6) is 6.01 Å². The van der Waals surface area contributed by atoms with Crippen molar-refractivity contribution in [2.75, 3.05) is 24.8 Å². The number of ether oxygens (including phenoxy) is 1. The molecule has 100 valence electrons. The van der Waals surface area contributed by atoms with Gasteiger partial charge in [0.2, 0.25) is 11.9 Å². The Balaban J connectivity index is 2.31. The van der Waals surface area contributed by atoms with Gasteiger partial charge in [-0.3, -0.25) is 0 Å². The normalized spacial score (nSPS) is 10.1. The van der Waals surface area contributed by atoms with Crippen LogP contribution < -0.4 is 15.4 Å². The predicted molar refractivity (Wildman–Crippen MR) is 70.6 cm³/mol. The van der Waals surface area contributed by atoms with Crippen LogP contribution >= 0.6 is 11.6 Å². The van der Waals surface area contributed by atoms with Crippen LogP contribution in [0, 0.1) is 5.82 Å². The molecule has 0 amide bonds. The van der Waals surface area contributed by atoms with Gasteiger partial charge in [-0.05, 0) is 18.2 Å². The number of rotatable bonds is 4. The first-order chi connectivity index (χ1) is 9.12. The standard InChI is InChI=1S/C11H11ClFN5O/c1-14-9-16-10(18-11(17-9)19-2)15-8-4-3-6(13)5-7(8)12/h3-5H,1-2H3,(H2,14,15,16,17,18). The smallest absolute Gasteiger partial charge is 0.322 e. The number of aromatic nitrogens is 3. The van der Waals surface area contributed by atoms with Crippen molar-refractivity contribution in [1.82, 2.24) is 15.0 Å². The van der Waals surface area contributed by atoms with Gasteiger partial charge in [-0.1, -0.05) is 11.6 Å². The van der Waals surface area contributed by atoms with Crippen LogP contribution in [0.4, 0.5) is 22.0 Å². The van der Waals surface area contributed by atoms with Gasteiger partial charge in [-0.2, -0.15) is 15.0 Å². The number of anilines is 3. The number of nitrogens with one attached hydrogen (secondary N) is 2. The summed E-state index contributed by atoms with van der Waals surface area (Å²) in [5, 5.41) is 5.87. The lowest BCUT2D eigenvalue weighted by Gasteiger charge is -2.09. The highest BCUT2D eigenvalue weighted by Gasteiger charge is 2.08. The summed E-state index contributed by atoms with van der Waals surface area (Å²) in [6, 6.07) is 4.12. The molecule has 2 aromatic rings. The number of methoxy groups -OCH3 is 1. The number of nitrogens with zero attached hydrogens (tertiary/aromatic N) is 3. The molecule has 2 N–H and O–H groups in total. The topological polar surface area (TPSA) is 72.0 Å². The number of benzene rings is 1. The molecule has 0 saturated heterocycles. The minimum absolute atomic E-state index is 0.153. The second-order valence-corrected chi connectivity index (χ2v) is 3.88. The van der Waals surface area contributed by atoms with E-state index in [0.717, 1.165) is 0 Å². The molecule has 1 heterocycles. The fourth-order valence-corrected chi connectivity index (χ4v) is 1.54. The van der Waals surface area contributed by atoms with E-state index in [4.69, 9.17) is 16.3 Å². The third-order valence-corrected chi connectivity index (χ3v) is 2.51. The first-order valence-electron chi connectivity index (χ1n) is 5.32. The number of hydrogen-bond donors (Lipinski definition) is 2. The average Bonchev–Trinajstić information content (AvgIpc) is 2.41. The zero-order valence-corrected chi connectivity index (χ0v) is 11.0. The molecule has 0 aliphatic carbocycles. The number of halogens is 2. The summed E-state index contributed by atoms with van der Waals surface area (Å²) in [6.45, 7) is 0.